The molecule has 0 radical (unpaired) electrons. The summed E-state index contributed by atoms with van der Waals surface area (Å²) in [5.74, 6) is -1.11. The lowest BCUT2D eigenvalue weighted by Gasteiger charge is -2.06. The fraction of sp³-hybridized carbons (Fsp3) is 0. The van der Waals surface area contributed by atoms with Crippen LogP contribution in [0.4, 0.5) is 0 Å². The van der Waals surface area contributed by atoms with Gasteiger partial charge in [-0.2, -0.15) is 0 Å². The molecule has 0 saturated heterocycles. The molecule has 0 amide bonds. The minimum absolute atomic E-state index is 0.00584. The van der Waals surface area contributed by atoms with Crippen LogP contribution in [0.15, 0.2) is 42.5 Å². The maximum atomic E-state index is 11.4. The van der Waals surface area contributed by atoms with Gasteiger partial charge in [-0.05, 0) is 29.8 Å². The number of aromatic hydroxyl groups is 1. The zero-order chi connectivity index (χ0) is 14.7. The molecule has 0 spiro atoms. The molecule has 2 aromatic carbocycles. The van der Waals surface area contributed by atoms with Gasteiger partial charge in [0.2, 0.25) is 0 Å². The Hall–Kier alpha value is -1.97. The van der Waals surface area contributed by atoms with Crippen LogP contribution in [0.25, 0.3) is 11.6 Å². The second-order valence-corrected chi connectivity index (χ2v) is 4.87. The Morgan fingerprint density at radius 2 is 1.75 bits per heavy atom. The lowest BCUT2D eigenvalue weighted by atomic mass is 10.0. The monoisotopic (exact) mass is 308 g/mol. The molecule has 20 heavy (non-hydrogen) atoms. The molecular formula is C15H10Cl2O3. The summed E-state index contributed by atoms with van der Waals surface area (Å²) in [6, 6.07) is 11.0. The fourth-order valence-corrected chi connectivity index (χ4v) is 2.00. The molecule has 0 atom stereocenters. The van der Waals surface area contributed by atoms with E-state index >= 15 is 0 Å². The third-order valence-electron chi connectivity index (χ3n) is 2.70. The van der Waals surface area contributed by atoms with Gasteiger partial charge in [0.05, 0.1) is 15.6 Å². The zero-order valence-electron chi connectivity index (χ0n) is 10.2. The highest BCUT2D eigenvalue weighted by atomic mass is 35.5. The van der Waals surface area contributed by atoms with Crippen LogP contribution in [0.3, 0.4) is 0 Å². The first-order valence-electron chi connectivity index (χ1n) is 5.67. The standard InChI is InChI=1S/C15H10Cl2O3/c16-12-6-5-9(8-13(12)17)11(15(19)20)7-10-3-1-2-4-14(10)18/h1-8,18H,(H,19,20)/b11-7-. The molecule has 0 unspecified atom stereocenters. The molecule has 0 aliphatic heterocycles. The first kappa shape index (κ1) is 14.4. The second-order valence-electron chi connectivity index (χ2n) is 4.05. The number of benzene rings is 2. The number of aliphatic carboxylic acids is 1. The summed E-state index contributed by atoms with van der Waals surface area (Å²) in [6.45, 7) is 0. The smallest absolute Gasteiger partial charge is 0.336 e. The van der Waals surface area contributed by atoms with Crippen molar-refractivity contribution in [1.29, 1.82) is 0 Å². The summed E-state index contributed by atoms with van der Waals surface area (Å²) >= 11 is 11.7. The molecule has 0 aliphatic rings. The number of phenolic OH excluding ortho intramolecular Hbond substituents is 1. The molecule has 0 aromatic heterocycles. The van der Waals surface area contributed by atoms with E-state index in [9.17, 15) is 15.0 Å². The Bertz CT molecular complexity index is 693. The van der Waals surface area contributed by atoms with E-state index in [2.05, 4.69) is 0 Å². The molecule has 0 aliphatic carbocycles. The van der Waals surface area contributed by atoms with Gasteiger partial charge in [-0.3, -0.25) is 0 Å². The molecule has 0 heterocycles. The molecule has 0 bridgehead atoms. The van der Waals surface area contributed by atoms with Gasteiger partial charge in [0.15, 0.2) is 0 Å². The van der Waals surface area contributed by atoms with Gasteiger partial charge in [-0.15, -0.1) is 0 Å². The van der Waals surface area contributed by atoms with Gasteiger partial charge in [-0.1, -0.05) is 47.5 Å². The molecule has 5 heteroatoms. The Morgan fingerprint density at radius 1 is 1.05 bits per heavy atom. The van der Waals surface area contributed by atoms with E-state index in [0.717, 1.165) is 0 Å². The minimum Gasteiger partial charge on any atom is -0.507 e. The van der Waals surface area contributed by atoms with Crippen molar-refractivity contribution < 1.29 is 15.0 Å². The van der Waals surface area contributed by atoms with E-state index in [1.54, 1.807) is 24.3 Å². The van der Waals surface area contributed by atoms with E-state index in [1.807, 2.05) is 0 Å². The van der Waals surface area contributed by atoms with E-state index < -0.39 is 5.97 Å². The van der Waals surface area contributed by atoms with Gasteiger partial charge in [0.1, 0.15) is 5.75 Å². The number of carbonyl (C=O) groups is 1. The Labute approximate surface area is 125 Å². The number of hydrogen-bond donors (Lipinski definition) is 2. The second kappa shape index (κ2) is 5.99. The number of carboxylic acid groups (broad SMARTS) is 1. The van der Waals surface area contributed by atoms with Crippen LogP contribution >= 0.6 is 23.2 Å². The van der Waals surface area contributed by atoms with Crippen LogP contribution in [0.2, 0.25) is 10.0 Å². The van der Waals surface area contributed by atoms with E-state index in [0.29, 0.717) is 16.1 Å². The van der Waals surface area contributed by atoms with E-state index in [4.69, 9.17) is 23.2 Å². The van der Waals surface area contributed by atoms with Crippen molar-refractivity contribution in [2.75, 3.05) is 0 Å². The van der Waals surface area contributed by atoms with Crippen molar-refractivity contribution in [2.24, 2.45) is 0 Å². The van der Waals surface area contributed by atoms with Gasteiger partial charge >= 0.3 is 5.97 Å². The number of carboxylic acids is 1. The third-order valence-corrected chi connectivity index (χ3v) is 3.44. The van der Waals surface area contributed by atoms with Crippen LogP contribution < -0.4 is 0 Å². The number of phenols is 1. The van der Waals surface area contributed by atoms with E-state index in [-0.39, 0.29) is 16.3 Å². The first-order valence-corrected chi connectivity index (χ1v) is 6.43. The highest BCUT2D eigenvalue weighted by Crippen LogP contribution is 2.29. The Balaban J connectivity index is 2.54. The highest BCUT2D eigenvalue weighted by molar-refractivity contribution is 6.42. The van der Waals surface area contributed by atoms with Crippen LogP contribution in [0, 0.1) is 0 Å². The summed E-state index contributed by atoms with van der Waals surface area (Å²) in [5.41, 5.74) is 0.844. The number of hydrogen-bond acceptors (Lipinski definition) is 2. The molecule has 0 saturated carbocycles. The molecule has 2 aromatic rings. The summed E-state index contributed by atoms with van der Waals surface area (Å²) < 4.78 is 0. The van der Waals surface area contributed by atoms with Gasteiger partial charge in [0, 0.05) is 5.56 Å². The molecule has 0 fully saturated rings. The maximum Gasteiger partial charge on any atom is 0.336 e. The Morgan fingerprint density at radius 3 is 2.35 bits per heavy atom. The average molecular weight is 309 g/mol. The largest absolute Gasteiger partial charge is 0.507 e. The van der Waals surface area contributed by atoms with Crippen molar-refractivity contribution in [1.82, 2.24) is 0 Å². The molecule has 3 nitrogen and oxygen atoms in total. The van der Waals surface area contributed by atoms with Crippen LogP contribution in [0.5, 0.6) is 5.75 Å². The predicted molar refractivity (Wildman–Crippen MR) is 80.1 cm³/mol. The first-order chi connectivity index (χ1) is 9.49. The van der Waals surface area contributed by atoms with Gasteiger partial charge in [0.25, 0.3) is 0 Å². The number of para-hydroxylation sites is 1. The average Bonchev–Trinajstić information content (AvgIpc) is 2.41. The summed E-state index contributed by atoms with van der Waals surface area (Å²) in [6.07, 6.45) is 1.39. The lowest BCUT2D eigenvalue weighted by Crippen LogP contribution is -1.99. The van der Waals surface area contributed by atoms with Crippen molar-refractivity contribution in [3.63, 3.8) is 0 Å². The van der Waals surface area contributed by atoms with Crippen molar-refractivity contribution in [3.05, 3.63) is 63.6 Å². The van der Waals surface area contributed by atoms with Gasteiger partial charge < -0.3 is 10.2 Å². The van der Waals surface area contributed by atoms with E-state index in [1.165, 1.54) is 24.3 Å². The van der Waals surface area contributed by atoms with Crippen LogP contribution in [-0.4, -0.2) is 16.2 Å². The SMILES string of the molecule is O=C(O)/C(=C\c1ccccc1O)c1ccc(Cl)c(Cl)c1. The third kappa shape index (κ3) is 3.13. The van der Waals surface area contributed by atoms with Crippen molar-refractivity contribution in [3.8, 4) is 5.75 Å². The van der Waals surface area contributed by atoms with Crippen LogP contribution in [0.1, 0.15) is 11.1 Å². The Kier molecular flexibility index (Phi) is 4.32. The quantitative estimate of drug-likeness (QED) is 0.655. The topological polar surface area (TPSA) is 57.5 Å². The number of rotatable bonds is 3. The number of halogens is 2. The molecule has 102 valence electrons. The van der Waals surface area contributed by atoms with Crippen LogP contribution in [-0.2, 0) is 4.79 Å². The summed E-state index contributed by atoms with van der Waals surface area (Å²) in [7, 11) is 0. The maximum absolute atomic E-state index is 11.4. The fourth-order valence-electron chi connectivity index (χ4n) is 1.70. The molecule has 2 N–H and O–H groups in total. The highest BCUT2D eigenvalue weighted by Gasteiger charge is 2.13. The van der Waals surface area contributed by atoms with Gasteiger partial charge in [-0.25, -0.2) is 4.79 Å². The minimum atomic E-state index is -1.12. The van der Waals surface area contributed by atoms with Crippen molar-refractivity contribution >= 4 is 40.8 Å². The zero-order valence-corrected chi connectivity index (χ0v) is 11.7. The normalized spacial score (nSPS) is 11.4. The summed E-state index contributed by atoms with van der Waals surface area (Å²) in [5, 5.41) is 19.6. The molecular weight excluding hydrogens is 299 g/mol. The molecule has 2 rings (SSSR count). The predicted octanol–water partition coefficient (Wildman–Crippen LogP) is 4.32. The van der Waals surface area contributed by atoms with Crippen molar-refractivity contribution in [2.45, 2.75) is 0 Å². The summed E-state index contributed by atoms with van der Waals surface area (Å²) in [4.78, 5) is 11.4. The lowest BCUT2D eigenvalue weighted by molar-refractivity contribution is -0.130.